The van der Waals surface area contributed by atoms with E-state index in [1.54, 1.807) is 18.2 Å². The van der Waals surface area contributed by atoms with Crippen molar-refractivity contribution in [1.29, 1.82) is 5.26 Å². The van der Waals surface area contributed by atoms with Crippen LogP contribution < -0.4 is 14.8 Å². The molecule has 0 fully saturated rings. The van der Waals surface area contributed by atoms with Gasteiger partial charge in [0.2, 0.25) is 0 Å². The Morgan fingerprint density at radius 1 is 0.919 bits per heavy atom. The Balaban J connectivity index is 1.49. The van der Waals surface area contributed by atoms with Gasteiger partial charge < -0.3 is 19.5 Å². The van der Waals surface area contributed by atoms with E-state index in [0.29, 0.717) is 36.8 Å². The number of aryl methyl sites for hydroxylation is 3. The number of ether oxygens (including phenoxy) is 3. The number of nitrogens with one attached hydrogen (secondary N) is 1. The SMILES string of the molecule is Cc1cccc(NC(=O)/C(C#N)=C/c2cc(Cl)c(OCCOCCOc3ccc(C)c(C)c3)c(Cl)c2)c1. The Morgan fingerprint density at radius 3 is 2.27 bits per heavy atom. The Bertz CT molecular complexity index is 1310. The lowest BCUT2D eigenvalue weighted by Crippen LogP contribution is -2.13. The van der Waals surface area contributed by atoms with Gasteiger partial charge in [0.25, 0.3) is 5.91 Å². The number of carbonyl (C=O) groups excluding carboxylic acids is 1. The molecule has 0 unspecified atom stereocenters. The third-order valence-electron chi connectivity index (χ3n) is 5.42. The molecule has 3 rings (SSSR count). The van der Waals surface area contributed by atoms with Crippen molar-refractivity contribution in [2.75, 3.05) is 31.7 Å². The predicted octanol–water partition coefficient (Wildman–Crippen LogP) is 6.94. The largest absolute Gasteiger partial charge is 0.491 e. The maximum absolute atomic E-state index is 12.5. The Kier molecular flexibility index (Phi) is 10.4. The maximum Gasteiger partial charge on any atom is 0.266 e. The summed E-state index contributed by atoms with van der Waals surface area (Å²) < 4.78 is 16.9. The monoisotopic (exact) mass is 538 g/mol. The first-order valence-electron chi connectivity index (χ1n) is 11.7. The molecule has 37 heavy (non-hydrogen) atoms. The molecule has 0 atom stereocenters. The van der Waals surface area contributed by atoms with E-state index in [0.717, 1.165) is 11.3 Å². The number of amides is 1. The van der Waals surface area contributed by atoms with Crippen molar-refractivity contribution in [3.63, 3.8) is 0 Å². The highest BCUT2D eigenvalue weighted by atomic mass is 35.5. The van der Waals surface area contributed by atoms with E-state index in [4.69, 9.17) is 37.4 Å². The summed E-state index contributed by atoms with van der Waals surface area (Å²) in [5.41, 5.74) is 4.40. The van der Waals surface area contributed by atoms with Gasteiger partial charge >= 0.3 is 0 Å². The van der Waals surface area contributed by atoms with Gasteiger partial charge in [0.1, 0.15) is 30.6 Å². The van der Waals surface area contributed by atoms with Crippen LogP contribution in [0, 0.1) is 32.1 Å². The van der Waals surface area contributed by atoms with E-state index in [1.807, 2.05) is 56.3 Å². The molecular formula is C29H28Cl2N2O4. The second-order valence-electron chi connectivity index (χ2n) is 8.36. The van der Waals surface area contributed by atoms with Gasteiger partial charge in [-0.2, -0.15) is 5.26 Å². The van der Waals surface area contributed by atoms with E-state index >= 15 is 0 Å². The predicted molar refractivity (Wildman–Crippen MR) is 148 cm³/mol. The summed E-state index contributed by atoms with van der Waals surface area (Å²) in [6.45, 7) is 7.40. The van der Waals surface area contributed by atoms with Crippen LogP contribution in [0.5, 0.6) is 11.5 Å². The summed E-state index contributed by atoms with van der Waals surface area (Å²) in [6.07, 6.45) is 1.42. The fourth-order valence-corrected chi connectivity index (χ4v) is 3.98. The van der Waals surface area contributed by atoms with Gasteiger partial charge in [-0.05, 0) is 85.5 Å². The Hall–Kier alpha value is -3.50. The molecule has 3 aromatic carbocycles. The molecule has 0 aliphatic carbocycles. The lowest BCUT2D eigenvalue weighted by molar-refractivity contribution is -0.112. The second kappa shape index (κ2) is 13.7. The van der Waals surface area contributed by atoms with Crippen LogP contribution in [0.15, 0.2) is 60.2 Å². The number of nitrogens with zero attached hydrogens (tertiary/aromatic N) is 1. The summed E-state index contributed by atoms with van der Waals surface area (Å²) >= 11 is 12.7. The Labute approximate surface area is 227 Å². The molecule has 0 aliphatic rings. The first kappa shape index (κ1) is 28.1. The van der Waals surface area contributed by atoms with E-state index in [9.17, 15) is 10.1 Å². The first-order chi connectivity index (χ1) is 17.8. The summed E-state index contributed by atoms with van der Waals surface area (Å²) in [7, 11) is 0. The average molecular weight is 539 g/mol. The quantitative estimate of drug-likeness (QED) is 0.162. The van der Waals surface area contributed by atoms with Gasteiger partial charge in [-0.3, -0.25) is 4.79 Å². The standard InChI is InChI=1S/C29H28Cl2N2O4/c1-19-5-4-6-24(13-19)33-29(34)23(18-32)15-22-16-26(30)28(27(31)17-22)37-12-10-35-9-11-36-25-8-7-20(2)21(3)14-25/h4-8,13-17H,9-12H2,1-3H3,(H,33,34)/b23-15+. The van der Waals surface area contributed by atoms with Crippen LogP contribution in [0.2, 0.25) is 10.0 Å². The molecule has 0 radical (unpaired) electrons. The van der Waals surface area contributed by atoms with Crippen LogP contribution in [-0.4, -0.2) is 32.3 Å². The van der Waals surface area contributed by atoms with Crippen molar-refractivity contribution >= 4 is 40.9 Å². The number of nitriles is 1. The van der Waals surface area contributed by atoms with Crippen molar-refractivity contribution in [3.8, 4) is 17.6 Å². The molecule has 192 valence electrons. The molecule has 0 aromatic heterocycles. The second-order valence-corrected chi connectivity index (χ2v) is 9.18. The zero-order valence-corrected chi connectivity index (χ0v) is 22.4. The highest BCUT2D eigenvalue weighted by Crippen LogP contribution is 2.35. The van der Waals surface area contributed by atoms with Crippen LogP contribution in [0.25, 0.3) is 6.08 Å². The fourth-order valence-electron chi connectivity index (χ4n) is 3.36. The highest BCUT2D eigenvalue weighted by molar-refractivity contribution is 6.37. The van der Waals surface area contributed by atoms with Gasteiger partial charge in [-0.25, -0.2) is 0 Å². The zero-order chi connectivity index (χ0) is 26.8. The van der Waals surface area contributed by atoms with Gasteiger partial charge in [-0.1, -0.05) is 41.4 Å². The van der Waals surface area contributed by atoms with Crippen LogP contribution in [0.1, 0.15) is 22.3 Å². The van der Waals surface area contributed by atoms with Crippen LogP contribution in [-0.2, 0) is 9.53 Å². The molecule has 0 spiro atoms. The molecule has 8 heteroatoms. The molecule has 3 aromatic rings. The van der Waals surface area contributed by atoms with E-state index < -0.39 is 5.91 Å². The summed E-state index contributed by atoms with van der Waals surface area (Å²) in [4.78, 5) is 12.5. The van der Waals surface area contributed by atoms with E-state index in [-0.39, 0.29) is 22.2 Å². The lowest BCUT2D eigenvalue weighted by atomic mass is 10.1. The average Bonchev–Trinajstić information content (AvgIpc) is 2.85. The molecule has 0 heterocycles. The highest BCUT2D eigenvalue weighted by Gasteiger charge is 2.13. The fraction of sp³-hybridized carbons (Fsp3) is 0.241. The minimum Gasteiger partial charge on any atom is -0.491 e. The van der Waals surface area contributed by atoms with Crippen molar-refractivity contribution < 1.29 is 19.0 Å². The molecule has 0 aliphatic heterocycles. The van der Waals surface area contributed by atoms with E-state index in [2.05, 4.69) is 12.2 Å². The lowest BCUT2D eigenvalue weighted by Gasteiger charge is -2.12. The van der Waals surface area contributed by atoms with Crippen molar-refractivity contribution in [1.82, 2.24) is 0 Å². The third-order valence-corrected chi connectivity index (χ3v) is 5.98. The molecule has 0 saturated carbocycles. The molecule has 1 amide bonds. The normalized spacial score (nSPS) is 11.1. The maximum atomic E-state index is 12.5. The van der Waals surface area contributed by atoms with Crippen molar-refractivity contribution in [2.24, 2.45) is 0 Å². The summed E-state index contributed by atoms with van der Waals surface area (Å²) in [5.74, 6) is 0.584. The zero-order valence-electron chi connectivity index (χ0n) is 20.9. The van der Waals surface area contributed by atoms with E-state index in [1.165, 1.54) is 17.2 Å². The van der Waals surface area contributed by atoms with Gasteiger partial charge in [-0.15, -0.1) is 0 Å². The van der Waals surface area contributed by atoms with Crippen LogP contribution in [0.3, 0.4) is 0 Å². The number of hydrogen-bond acceptors (Lipinski definition) is 5. The number of carbonyl (C=O) groups is 1. The number of hydrogen-bond donors (Lipinski definition) is 1. The van der Waals surface area contributed by atoms with Crippen molar-refractivity contribution in [2.45, 2.75) is 20.8 Å². The minimum atomic E-state index is -0.528. The molecular weight excluding hydrogens is 511 g/mol. The van der Waals surface area contributed by atoms with Crippen LogP contribution in [0.4, 0.5) is 5.69 Å². The smallest absolute Gasteiger partial charge is 0.266 e. The van der Waals surface area contributed by atoms with Gasteiger partial charge in [0, 0.05) is 5.69 Å². The van der Waals surface area contributed by atoms with Crippen LogP contribution >= 0.6 is 23.2 Å². The summed E-state index contributed by atoms with van der Waals surface area (Å²) in [6, 6.07) is 18.3. The number of benzene rings is 3. The third kappa shape index (κ3) is 8.54. The Morgan fingerprint density at radius 2 is 1.62 bits per heavy atom. The molecule has 0 saturated heterocycles. The van der Waals surface area contributed by atoms with Crippen molar-refractivity contribution in [3.05, 3.63) is 92.5 Å². The molecule has 1 N–H and O–H groups in total. The number of halogens is 2. The molecule has 6 nitrogen and oxygen atoms in total. The minimum absolute atomic E-state index is 0.0845. The van der Waals surface area contributed by atoms with Gasteiger partial charge in [0.15, 0.2) is 5.75 Å². The number of rotatable bonds is 11. The summed E-state index contributed by atoms with van der Waals surface area (Å²) in [5, 5.41) is 12.7. The first-order valence-corrected chi connectivity index (χ1v) is 12.4. The number of anilines is 1. The van der Waals surface area contributed by atoms with Gasteiger partial charge in [0.05, 0.1) is 23.3 Å². The topological polar surface area (TPSA) is 80.6 Å². The molecule has 0 bridgehead atoms.